The lowest BCUT2D eigenvalue weighted by Crippen LogP contribution is -2.43. The summed E-state index contributed by atoms with van der Waals surface area (Å²) in [5, 5.41) is 13.4. The lowest BCUT2D eigenvalue weighted by atomic mass is 9.87. The Morgan fingerprint density at radius 2 is 1.91 bits per heavy atom. The quantitative estimate of drug-likeness (QED) is 0.204. The van der Waals surface area contributed by atoms with E-state index in [1.807, 2.05) is 31.2 Å². The molecule has 0 radical (unpaired) electrons. The van der Waals surface area contributed by atoms with Gasteiger partial charge >= 0.3 is 0 Å². The molecule has 3 aromatic rings. The number of rotatable bonds is 9. The summed E-state index contributed by atoms with van der Waals surface area (Å²) < 4.78 is 4.80. The number of thiol groups is 1. The van der Waals surface area contributed by atoms with Crippen molar-refractivity contribution in [3.05, 3.63) is 60.6 Å². The predicted octanol–water partition coefficient (Wildman–Crippen LogP) is 4.39. The molecular weight excluding hydrogens is 452 g/mol. The Labute approximate surface area is 204 Å². The molecule has 1 aromatic carbocycles. The summed E-state index contributed by atoms with van der Waals surface area (Å²) in [6.45, 7) is 6.02. The normalized spacial score (nSPS) is 15.3. The highest BCUT2D eigenvalue weighted by Gasteiger charge is 2.44. The van der Waals surface area contributed by atoms with Gasteiger partial charge in [0.2, 0.25) is 11.8 Å². The number of quaternary nitrogens is 1. The molecule has 34 heavy (non-hydrogen) atoms. The van der Waals surface area contributed by atoms with Gasteiger partial charge in [-0.15, -0.1) is 0 Å². The van der Waals surface area contributed by atoms with Crippen molar-refractivity contribution in [3.63, 3.8) is 0 Å². The molecule has 3 N–H and O–H groups in total. The molecule has 1 atom stereocenters. The van der Waals surface area contributed by atoms with Crippen LogP contribution < -0.4 is 15.5 Å². The number of carbonyl (C=O) groups is 1. The van der Waals surface area contributed by atoms with Crippen LogP contribution in [0.15, 0.2) is 54.9 Å². The molecular formula is C24H29N6O3S+. The van der Waals surface area contributed by atoms with Crippen LogP contribution in [-0.2, 0) is 10.2 Å². The van der Waals surface area contributed by atoms with Gasteiger partial charge in [0.05, 0.1) is 35.8 Å². The molecule has 4 rings (SSSR count). The second-order valence-electron chi connectivity index (χ2n) is 8.73. The topological polar surface area (TPSA) is 109 Å². The Balaban J connectivity index is 1.45. The van der Waals surface area contributed by atoms with Crippen LogP contribution in [0.5, 0.6) is 5.88 Å². The van der Waals surface area contributed by atoms with Gasteiger partial charge in [-0.2, -0.15) is 10.6 Å². The first kappa shape index (κ1) is 23.9. The van der Waals surface area contributed by atoms with Gasteiger partial charge in [0.1, 0.15) is 12.8 Å². The summed E-state index contributed by atoms with van der Waals surface area (Å²) in [7, 11) is 0. The number of nitrogens with zero attached hydrogens (tertiary/aromatic N) is 4. The number of amides is 1. The number of hydrogen-bond donors (Lipinski definition) is 4. The molecule has 0 aliphatic heterocycles. The number of ether oxygens (including phenoxy) is 1. The van der Waals surface area contributed by atoms with E-state index >= 15 is 0 Å². The molecule has 0 saturated heterocycles. The first-order valence-electron chi connectivity index (χ1n) is 11.2. The van der Waals surface area contributed by atoms with E-state index < -0.39 is 9.58 Å². The van der Waals surface area contributed by atoms with Crippen LogP contribution in [0, 0.1) is 0 Å². The Bertz CT molecular complexity index is 1170. The zero-order chi connectivity index (χ0) is 24.3. The van der Waals surface area contributed by atoms with E-state index in [0.29, 0.717) is 35.4 Å². The molecule has 1 fully saturated rings. The van der Waals surface area contributed by atoms with E-state index in [9.17, 15) is 10.0 Å². The largest absolute Gasteiger partial charge is 0.477 e. The van der Waals surface area contributed by atoms with Gasteiger partial charge in [0.25, 0.3) is 0 Å². The molecule has 9 nitrogen and oxygen atoms in total. The third-order valence-electron chi connectivity index (χ3n) is 5.64. The summed E-state index contributed by atoms with van der Waals surface area (Å²) in [6, 6.07) is 12.7. The highest BCUT2D eigenvalue weighted by molar-refractivity contribution is 7.74. The van der Waals surface area contributed by atoms with Crippen LogP contribution in [0.4, 0.5) is 11.5 Å². The minimum atomic E-state index is -0.922. The Hall–Kier alpha value is -3.21. The van der Waals surface area contributed by atoms with E-state index in [0.717, 1.165) is 18.4 Å². The summed E-state index contributed by atoms with van der Waals surface area (Å²) in [6.07, 6.45) is 5.03. The fraction of sp³-hybridized carbons (Fsp3) is 0.333. The minimum Gasteiger partial charge on any atom is -0.477 e. The number of pyridine rings is 1. The first-order valence-corrected chi connectivity index (χ1v) is 11.6. The van der Waals surface area contributed by atoms with Gasteiger partial charge in [0.15, 0.2) is 11.9 Å². The average molecular weight is 482 g/mol. The number of nitrogens with one attached hydrogen (secondary N) is 2. The smallest absolute Gasteiger partial charge is 0.236 e. The third-order valence-corrected chi connectivity index (χ3v) is 6.06. The SMILES string of the molecule is CCOc1cncc(-c2ccc(NC(=O)C(C)(C)c3cccc(N[N+](O)(S)C4CC4)n3)cc2)n1. The van der Waals surface area contributed by atoms with Crippen LogP contribution in [0.25, 0.3) is 11.3 Å². The number of benzene rings is 1. The molecule has 1 aliphatic rings. The van der Waals surface area contributed by atoms with Crippen molar-refractivity contribution in [1.29, 1.82) is 0 Å². The van der Waals surface area contributed by atoms with Gasteiger partial charge in [-0.3, -0.25) is 9.78 Å². The third kappa shape index (κ3) is 5.46. The van der Waals surface area contributed by atoms with E-state index in [1.165, 1.54) is 0 Å². The van der Waals surface area contributed by atoms with Crippen molar-refractivity contribution >= 4 is 30.2 Å². The zero-order valence-corrected chi connectivity index (χ0v) is 20.3. The van der Waals surface area contributed by atoms with Gasteiger partial charge in [-0.1, -0.05) is 18.2 Å². The highest BCUT2D eigenvalue weighted by atomic mass is 32.1. The standard InChI is InChI=1S/C24H28N6O3S/c1-4-33-22-15-25-14-19(27-22)16-8-10-17(11-9-16)26-23(31)24(2,3)20-6-5-7-21(28-20)29-30(32,34)18-12-13-18/h5-11,14-15,18,32,34H,4,12-13H2,1-3H3,(H-,26,27,28,29,31)/p+1. The molecule has 1 amide bonds. The molecule has 2 aromatic heterocycles. The molecule has 178 valence electrons. The molecule has 1 saturated carbocycles. The number of hydrogen-bond acceptors (Lipinski definition) is 8. The van der Waals surface area contributed by atoms with E-state index in [2.05, 4.69) is 38.5 Å². The van der Waals surface area contributed by atoms with Gasteiger partial charge in [-0.25, -0.2) is 9.97 Å². The van der Waals surface area contributed by atoms with Crippen LogP contribution in [0.3, 0.4) is 0 Å². The second kappa shape index (κ2) is 9.57. The number of hydroxylamine groups is 1. The first-order chi connectivity index (χ1) is 16.2. The second-order valence-corrected chi connectivity index (χ2v) is 9.34. The van der Waals surface area contributed by atoms with Crippen molar-refractivity contribution < 1.29 is 18.9 Å². The fourth-order valence-corrected chi connectivity index (χ4v) is 3.71. The van der Waals surface area contributed by atoms with Crippen molar-refractivity contribution in [3.8, 4) is 17.1 Å². The lowest BCUT2D eigenvalue weighted by molar-refractivity contribution is -0.981. The van der Waals surface area contributed by atoms with E-state index in [-0.39, 0.29) is 11.9 Å². The van der Waals surface area contributed by atoms with Crippen LogP contribution in [0.1, 0.15) is 39.3 Å². The molecule has 10 heteroatoms. The fourth-order valence-electron chi connectivity index (χ4n) is 3.37. The Kier molecular flexibility index (Phi) is 6.74. The van der Waals surface area contributed by atoms with Gasteiger partial charge in [-0.05, 0) is 49.2 Å². The molecule has 0 bridgehead atoms. The molecule has 2 heterocycles. The molecule has 0 spiro atoms. The summed E-state index contributed by atoms with van der Waals surface area (Å²) in [4.78, 5) is 26.3. The Morgan fingerprint density at radius 3 is 2.59 bits per heavy atom. The monoisotopic (exact) mass is 481 g/mol. The summed E-state index contributed by atoms with van der Waals surface area (Å²) in [5.41, 5.74) is 4.76. The lowest BCUT2D eigenvalue weighted by Gasteiger charge is -2.26. The maximum atomic E-state index is 13.1. The average Bonchev–Trinajstić information content (AvgIpc) is 3.66. The van der Waals surface area contributed by atoms with Crippen LogP contribution in [-0.4, -0.2) is 42.9 Å². The Morgan fingerprint density at radius 1 is 1.18 bits per heavy atom. The van der Waals surface area contributed by atoms with Crippen molar-refractivity contribution in [2.24, 2.45) is 0 Å². The minimum absolute atomic E-state index is 0.0284. The molecule has 1 unspecified atom stereocenters. The maximum absolute atomic E-state index is 13.1. The summed E-state index contributed by atoms with van der Waals surface area (Å²) in [5.74, 6) is 0.707. The molecule has 1 aliphatic carbocycles. The van der Waals surface area contributed by atoms with Crippen LogP contribution >= 0.6 is 12.8 Å². The van der Waals surface area contributed by atoms with E-state index in [1.54, 1.807) is 44.4 Å². The number of aromatic nitrogens is 3. The number of anilines is 2. The van der Waals surface area contributed by atoms with Crippen molar-refractivity contribution in [2.75, 3.05) is 17.3 Å². The van der Waals surface area contributed by atoms with Gasteiger partial charge in [0, 0.05) is 24.1 Å². The van der Waals surface area contributed by atoms with Crippen molar-refractivity contribution in [1.82, 2.24) is 15.0 Å². The maximum Gasteiger partial charge on any atom is 0.236 e. The van der Waals surface area contributed by atoms with Crippen LogP contribution in [0.2, 0.25) is 0 Å². The summed E-state index contributed by atoms with van der Waals surface area (Å²) >= 11 is 4.27. The predicted molar refractivity (Wildman–Crippen MR) is 132 cm³/mol. The van der Waals surface area contributed by atoms with Crippen molar-refractivity contribution in [2.45, 2.75) is 45.1 Å². The number of carbonyl (C=O) groups excluding carboxylic acids is 1. The zero-order valence-electron chi connectivity index (χ0n) is 19.4. The highest BCUT2D eigenvalue weighted by Crippen LogP contribution is 2.34. The van der Waals surface area contributed by atoms with E-state index in [4.69, 9.17) is 4.74 Å². The van der Waals surface area contributed by atoms with Gasteiger partial charge < -0.3 is 10.1 Å².